The Morgan fingerprint density at radius 2 is 2.00 bits per heavy atom. The molecule has 0 saturated carbocycles. The number of benzene rings is 1. The summed E-state index contributed by atoms with van der Waals surface area (Å²) in [6, 6.07) is 6.99. The lowest BCUT2D eigenvalue weighted by atomic mass is 10.2. The number of hydrogen-bond donors (Lipinski definition) is 1. The maximum Gasteiger partial charge on any atom is 0.429 e. The van der Waals surface area contributed by atoms with Gasteiger partial charge in [-0.2, -0.15) is 17.6 Å². The first-order valence-corrected chi connectivity index (χ1v) is 6.30. The zero-order valence-corrected chi connectivity index (χ0v) is 11.2. The van der Waals surface area contributed by atoms with Gasteiger partial charge in [0.2, 0.25) is 6.23 Å². The first-order valence-electron chi connectivity index (χ1n) is 5.96. The van der Waals surface area contributed by atoms with Crippen molar-refractivity contribution in [3.8, 4) is 5.75 Å². The van der Waals surface area contributed by atoms with Gasteiger partial charge in [0.05, 0.1) is 0 Å². The summed E-state index contributed by atoms with van der Waals surface area (Å²) in [5, 5.41) is 0. The van der Waals surface area contributed by atoms with Crippen molar-refractivity contribution in [2.45, 2.75) is 25.1 Å². The highest BCUT2D eigenvalue weighted by Gasteiger charge is 2.50. The number of nitrogens with zero attached hydrogens (tertiary/aromatic N) is 1. The molecule has 2 N–H and O–H groups in total. The Labute approximate surface area is 119 Å². The van der Waals surface area contributed by atoms with Gasteiger partial charge in [-0.15, -0.1) is 0 Å². The largest absolute Gasteiger partial charge is 0.491 e. The first-order chi connectivity index (χ1) is 9.40. The van der Waals surface area contributed by atoms with E-state index in [1.54, 1.807) is 24.3 Å². The predicted molar refractivity (Wildman–Crippen MR) is 67.1 cm³/mol. The molecule has 0 amide bonds. The Hall–Kier alpha value is -1.02. The van der Waals surface area contributed by atoms with Gasteiger partial charge in [0.25, 0.3) is 0 Å². The smallest absolute Gasteiger partial charge is 0.429 e. The van der Waals surface area contributed by atoms with Gasteiger partial charge >= 0.3 is 6.18 Å². The van der Waals surface area contributed by atoms with Crippen LogP contribution in [0, 0.1) is 0 Å². The van der Waals surface area contributed by atoms with Crippen LogP contribution < -0.4 is 10.5 Å². The molecule has 0 aromatic heterocycles. The molecule has 4 nitrogen and oxygen atoms in total. The van der Waals surface area contributed by atoms with Crippen molar-refractivity contribution in [1.82, 2.24) is 4.42 Å². The maximum absolute atomic E-state index is 12.5. The van der Waals surface area contributed by atoms with Gasteiger partial charge in [0.15, 0.2) is 0 Å². The summed E-state index contributed by atoms with van der Waals surface area (Å²) in [7, 11) is 0. The number of nitrogens with two attached hydrogens (primary N) is 1. The van der Waals surface area contributed by atoms with E-state index in [0.29, 0.717) is 16.7 Å². The lowest BCUT2D eigenvalue weighted by Crippen LogP contribution is -2.37. The van der Waals surface area contributed by atoms with Crippen LogP contribution in [0.3, 0.4) is 0 Å². The molecule has 0 unspecified atom stereocenters. The molecular weight excluding hydrogens is 297 g/mol. The van der Waals surface area contributed by atoms with E-state index in [9.17, 15) is 13.2 Å². The van der Waals surface area contributed by atoms with E-state index in [0.717, 1.165) is 5.56 Å². The van der Waals surface area contributed by atoms with Gasteiger partial charge in [-0.3, -0.25) is 0 Å². The SMILES string of the molecule is NCc1ccc(OC[C@@H]2CN(Cl)[C@@H](C(F)(F)F)O2)cc1. The third-order valence-corrected chi connectivity index (χ3v) is 3.14. The van der Waals surface area contributed by atoms with Gasteiger partial charge in [0, 0.05) is 13.1 Å². The molecule has 0 aliphatic carbocycles. The van der Waals surface area contributed by atoms with Crippen LogP contribution in [-0.4, -0.2) is 36.1 Å². The Morgan fingerprint density at radius 3 is 2.50 bits per heavy atom. The lowest BCUT2D eigenvalue weighted by molar-refractivity contribution is -0.236. The quantitative estimate of drug-likeness (QED) is 0.867. The molecule has 0 spiro atoms. The highest BCUT2D eigenvalue weighted by Crippen LogP contribution is 2.32. The second kappa shape index (κ2) is 6.17. The predicted octanol–water partition coefficient (Wildman–Crippen LogP) is 2.27. The van der Waals surface area contributed by atoms with Crippen molar-refractivity contribution >= 4 is 11.8 Å². The summed E-state index contributed by atoms with van der Waals surface area (Å²) in [5.41, 5.74) is 6.40. The van der Waals surface area contributed by atoms with E-state index < -0.39 is 18.5 Å². The summed E-state index contributed by atoms with van der Waals surface area (Å²) >= 11 is 5.50. The first kappa shape index (κ1) is 15.4. The van der Waals surface area contributed by atoms with Gasteiger partial charge in [-0.05, 0) is 29.5 Å². The average molecular weight is 311 g/mol. The molecule has 1 aromatic rings. The summed E-state index contributed by atoms with van der Waals surface area (Å²) in [5.74, 6) is 0.544. The lowest BCUT2D eigenvalue weighted by Gasteiger charge is -2.18. The Bertz CT molecular complexity index is 441. The third kappa shape index (κ3) is 3.76. The molecule has 2 atom stereocenters. The number of hydrogen-bond acceptors (Lipinski definition) is 4. The summed E-state index contributed by atoms with van der Waals surface area (Å²) < 4.78 is 48.4. The molecule has 0 radical (unpaired) electrons. The van der Waals surface area contributed by atoms with Gasteiger partial charge in [-0.1, -0.05) is 12.1 Å². The zero-order valence-electron chi connectivity index (χ0n) is 10.4. The van der Waals surface area contributed by atoms with Crippen LogP contribution in [0.5, 0.6) is 5.75 Å². The summed E-state index contributed by atoms with van der Waals surface area (Å²) in [6.45, 7) is 0.366. The standard InChI is InChI=1S/C12H14ClF3N2O2/c13-18-6-10(20-11(18)12(14,15)16)7-19-9-3-1-8(5-17)2-4-9/h1-4,10-11H,5-7,17H2/t10-,11+/m0/s1. The molecule has 1 heterocycles. The van der Waals surface area contributed by atoms with Crippen LogP contribution in [-0.2, 0) is 11.3 Å². The molecule has 1 fully saturated rings. The monoisotopic (exact) mass is 310 g/mol. The fraction of sp³-hybridized carbons (Fsp3) is 0.500. The highest BCUT2D eigenvalue weighted by atomic mass is 35.5. The maximum atomic E-state index is 12.5. The van der Waals surface area contributed by atoms with E-state index in [4.69, 9.17) is 27.0 Å². The number of rotatable bonds is 4. The average Bonchev–Trinajstić information content (AvgIpc) is 2.78. The summed E-state index contributed by atoms with van der Waals surface area (Å²) in [4.78, 5) is 0. The van der Waals surface area contributed by atoms with Crippen molar-refractivity contribution in [3.63, 3.8) is 0 Å². The second-order valence-corrected chi connectivity index (χ2v) is 4.83. The van der Waals surface area contributed by atoms with E-state index in [-0.39, 0.29) is 13.2 Å². The number of halogens is 4. The second-order valence-electron chi connectivity index (χ2n) is 4.39. The molecule has 0 bridgehead atoms. The van der Waals surface area contributed by atoms with Crippen LogP contribution in [0.25, 0.3) is 0 Å². The fourth-order valence-corrected chi connectivity index (χ4v) is 2.13. The third-order valence-electron chi connectivity index (χ3n) is 2.83. The number of alkyl halides is 3. The van der Waals surface area contributed by atoms with Crippen LogP contribution >= 0.6 is 11.8 Å². The molecule has 1 saturated heterocycles. The van der Waals surface area contributed by atoms with Gasteiger partial charge < -0.3 is 15.2 Å². The van der Waals surface area contributed by atoms with Crippen molar-refractivity contribution in [3.05, 3.63) is 29.8 Å². The molecule has 112 valence electrons. The Morgan fingerprint density at radius 1 is 1.35 bits per heavy atom. The Balaban J connectivity index is 1.86. The van der Waals surface area contributed by atoms with Crippen LogP contribution in [0.2, 0.25) is 0 Å². The number of ether oxygens (including phenoxy) is 2. The van der Waals surface area contributed by atoms with Gasteiger partial charge in [-0.25, -0.2) is 0 Å². The van der Waals surface area contributed by atoms with Crippen molar-refractivity contribution < 1.29 is 22.6 Å². The van der Waals surface area contributed by atoms with Crippen molar-refractivity contribution in [2.75, 3.05) is 13.2 Å². The molecule has 8 heteroatoms. The molecular formula is C12H14ClF3N2O2. The van der Waals surface area contributed by atoms with Crippen LogP contribution in [0.1, 0.15) is 5.56 Å². The molecule has 1 aromatic carbocycles. The molecule has 20 heavy (non-hydrogen) atoms. The van der Waals surface area contributed by atoms with Crippen molar-refractivity contribution in [2.24, 2.45) is 5.73 Å². The van der Waals surface area contributed by atoms with Crippen molar-refractivity contribution in [1.29, 1.82) is 0 Å². The van der Waals surface area contributed by atoms with E-state index in [2.05, 4.69) is 0 Å². The van der Waals surface area contributed by atoms with Crippen LogP contribution in [0.15, 0.2) is 24.3 Å². The Kier molecular flexibility index (Phi) is 4.74. The normalized spacial score (nSPS) is 24.1. The zero-order chi connectivity index (χ0) is 14.8. The minimum atomic E-state index is -4.51. The molecule has 2 rings (SSSR count). The van der Waals surface area contributed by atoms with E-state index >= 15 is 0 Å². The molecule has 1 aliphatic rings. The van der Waals surface area contributed by atoms with Crippen LogP contribution in [0.4, 0.5) is 13.2 Å². The van der Waals surface area contributed by atoms with E-state index in [1.807, 2.05) is 0 Å². The fourth-order valence-electron chi connectivity index (χ4n) is 1.82. The topological polar surface area (TPSA) is 47.7 Å². The molecule has 1 aliphatic heterocycles. The van der Waals surface area contributed by atoms with Gasteiger partial charge in [0.1, 0.15) is 18.5 Å². The van der Waals surface area contributed by atoms with E-state index in [1.165, 1.54) is 0 Å². The minimum absolute atomic E-state index is 0.00221. The minimum Gasteiger partial charge on any atom is -0.491 e. The summed E-state index contributed by atoms with van der Waals surface area (Å²) in [6.07, 6.45) is -7.33. The highest BCUT2D eigenvalue weighted by molar-refractivity contribution is 6.13.